The molecule has 2 heterocycles. The Morgan fingerprint density at radius 3 is 2.68 bits per heavy atom. The summed E-state index contributed by atoms with van der Waals surface area (Å²) in [5.74, 6) is 0.778. The molecule has 2 aromatic heterocycles. The topological polar surface area (TPSA) is 44.9 Å². The number of ether oxygens (including phenoxy) is 1. The molecule has 0 saturated carbocycles. The maximum atomic E-state index is 5.77. The molecular formula is C13H19BrN4O. The molecule has 0 N–H and O–H groups in total. The summed E-state index contributed by atoms with van der Waals surface area (Å²) in [6.45, 7) is 6.74. The van der Waals surface area contributed by atoms with Crippen LogP contribution < -0.4 is 4.74 Å². The van der Waals surface area contributed by atoms with Crippen LogP contribution in [0.25, 0.3) is 0 Å². The number of hydrogen-bond donors (Lipinski definition) is 0. The molecule has 104 valence electrons. The number of aromatic nitrogens is 4. The van der Waals surface area contributed by atoms with Gasteiger partial charge in [-0.05, 0) is 36.2 Å². The van der Waals surface area contributed by atoms with Gasteiger partial charge in [0.1, 0.15) is 6.61 Å². The minimum Gasteiger partial charge on any atom is -0.484 e. The molecule has 0 amide bonds. The van der Waals surface area contributed by atoms with Crippen molar-refractivity contribution in [1.29, 1.82) is 0 Å². The van der Waals surface area contributed by atoms with Crippen molar-refractivity contribution < 1.29 is 4.74 Å². The van der Waals surface area contributed by atoms with Gasteiger partial charge in [0.2, 0.25) is 0 Å². The van der Waals surface area contributed by atoms with Crippen molar-refractivity contribution in [1.82, 2.24) is 19.6 Å². The van der Waals surface area contributed by atoms with Gasteiger partial charge in [-0.2, -0.15) is 10.2 Å². The summed E-state index contributed by atoms with van der Waals surface area (Å²) in [5.41, 5.74) is 2.09. The monoisotopic (exact) mass is 326 g/mol. The molecule has 0 atom stereocenters. The lowest BCUT2D eigenvalue weighted by atomic mass is 10.3. The largest absolute Gasteiger partial charge is 0.484 e. The molecule has 0 aliphatic heterocycles. The summed E-state index contributed by atoms with van der Waals surface area (Å²) in [6, 6.07) is 0.340. The average Bonchev–Trinajstić information content (AvgIpc) is 2.93. The van der Waals surface area contributed by atoms with Gasteiger partial charge < -0.3 is 4.74 Å². The second-order valence-electron chi connectivity index (χ2n) is 4.72. The second kappa shape index (κ2) is 5.77. The van der Waals surface area contributed by atoms with Crippen LogP contribution in [0.2, 0.25) is 0 Å². The second-order valence-corrected chi connectivity index (χ2v) is 5.52. The molecule has 5 nitrogen and oxygen atoms in total. The van der Waals surface area contributed by atoms with Crippen LogP contribution in [0.3, 0.4) is 0 Å². The van der Waals surface area contributed by atoms with E-state index in [0.29, 0.717) is 12.6 Å². The van der Waals surface area contributed by atoms with Gasteiger partial charge in [0.05, 0.1) is 28.3 Å². The molecule has 0 saturated heterocycles. The van der Waals surface area contributed by atoms with E-state index in [1.165, 1.54) is 0 Å². The molecule has 0 aliphatic carbocycles. The molecule has 0 radical (unpaired) electrons. The molecule has 2 aromatic rings. The first-order chi connectivity index (χ1) is 9.02. The highest BCUT2D eigenvalue weighted by molar-refractivity contribution is 9.10. The Morgan fingerprint density at radius 1 is 1.42 bits per heavy atom. The number of halogens is 1. The average molecular weight is 327 g/mol. The minimum absolute atomic E-state index is 0.340. The zero-order valence-corrected chi connectivity index (χ0v) is 13.3. The van der Waals surface area contributed by atoms with Gasteiger partial charge in [-0.15, -0.1) is 0 Å². The standard InChI is InChI=1S/C13H19BrN4O/c1-5-11-13(14)12(17(4)16-11)8-19-10-6-15-18(7-10)9(2)3/h6-7,9H,5,8H2,1-4H3. The lowest BCUT2D eigenvalue weighted by molar-refractivity contribution is 0.293. The van der Waals surface area contributed by atoms with Crippen LogP contribution in [-0.4, -0.2) is 19.6 Å². The number of hydrogen-bond acceptors (Lipinski definition) is 3. The quantitative estimate of drug-likeness (QED) is 0.848. The maximum Gasteiger partial charge on any atom is 0.157 e. The van der Waals surface area contributed by atoms with Crippen molar-refractivity contribution in [2.24, 2.45) is 7.05 Å². The van der Waals surface area contributed by atoms with Gasteiger partial charge in [0.25, 0.3) is 0 Å². The molecule has 2 rings (SSSR count). The van der Waals surface area contributed by atoms with Crippen LogP contribution in [0.1, 0.15) is 38.2 Å². The van der Waals surface area contributed by atoms with Gasteiger partial charge in [-0.1, -0.05) is 6.92 Å². The first kappa shape index (κ1) is 14.1. The normalized spacial score (nSPS) is 11.3. The fourth-order valence-corrected chi connectivity index (χ4v) is 2.54. The molecule has 0 spiro atoms. The van der Waals surface area contributed by atoms with E-state index in [2.05, 4.69) is 46.9 Å². The molecule has 19 heavy (non-hydrogen) atoms. The van der Waals surface area contributed by atoms with Crippen LogP contribution >= 0.6 is 15.9 Å². The highest BCUT2D eigenvalue weighted by Gasteiger charge is 2.13. The molecule has 0 aromatic carbocycles. The van der Waals surface area contributed by atoms with Crippen LogP contribution in [0.15, 0.2) is 16.9 Å². The lowest BCUT2D eigenvalue weighted by Crippen LogP contribution is -2.03. The highest BCUT2D eigenvalue weighted by Crippen LogP contribution is 2.23. The van der Waals surface area contributed by atoms with Gasteiger partial charge in [-0.3, -0.25) is 9.36 Å². The van der Waals surface area contributed by atoms with Crippen LogP contribution in [-0.2, 0) is 20.1 Å². The summed E-state index contributed by atoms with van der Waals surface area (Å²) in [5, 5.41) is 8.70. The highest BCUT2D eigenvalue weighted by atomic mass is 79.9. The SMILES string of the molecule is CCc1nn(C)c(COc2cnn(C(C)C)c2)c1Br. The van der Waals surface area contributed by atoms with Crippen LogP contribution in [0, 0.1) is 0 Å². The Morgan fingerprint density at radius 2 is 2.16 bits per heavy atom. The molecule has 0 fully saturated rings. The summed E-state index contributed by atoms with van der Waals surface area (Å²) >= 11 is 3.58. The molecule has 6 heteroatoms. The van der Waals surface area contributed by atoms with Crippen molar-refractivity contribution in [2.75, 3.05) is 0 Å². The Labute approximate surface area is 121 Å². The number of aryl methyl sites for hydroxylation is 2. The first-order valence-electron chi connectivity index (χ1n) is 6.40. The van der Waals surface area contributed by atoms with Gasteiger partial charge in [-0.25, -0.2) is 0 Å². The van der Waals surface area contributed by atoms with Crippen molar-refractivity contribution >= 4 is 15.9 Å². The minimum atomic E-state index is 0.340. The third-order valence-corrected chi connectivity index (χ3v) is 3.90. The van der Waals surface area contributed by atoms with E-state index in [9.17, 15) is 0 Å². The Hall–Kier alpha value is -1.30. The Kier molecular flexibility index (Phi) is 4.29. The van der Waals surface area contributed by atoms with Gasteiger partial charge in [0, 0.05) is 13.1 Å². The molecule has 0 aliphatic rings. The molecule has 0 unspecified atom stereocenters. The molecular weight excluding hydrogens is 308 g/mol. The fourth-order valence-electron chi connectivity index (χ4n) is 1.81. The smallest absolute Gasteiger partial charge is 0.157 e. The van der Waals surface area contributed by atoms with Gasteiger partial charge in [0.15, 0.2) is 5.75 Å². The van der Waals surface area contributed by atoms with Crippen LogP contribution in [0.4, 0.5) is 0 Å². The first-order valence-corrected chi connectivity index (χ1v) is 7.19. The predicted octanol–water partition coefficient (Wildman–Crippen LogP) is 3.10. The molecule has 0 bridgehead atoms. The number of rotatable bonds is 5. The lowest BCUT2D eigenvalue weighted by Gasteiger charge is -2.05. The van der Waals surface area contributed by atoms with Crippen molar-refractivity contribution in [2.45, 2.75) is 39.8 Å². The fraction of sp³-hybridized carbons (Fsp3) is 0.538. The predicted molar refractivity (Wildman–Crippen MR) is 77.2 cm³/mol. The zero-order chi connectivity index (χ0) is 14.0. The zero-order valence-electron chi connectivity index (χ0n) is 11.7. The Balaban J connectivity index is 2.07. The Bertz CT molecular complexity index is 559. The van der Waals surface area contributed by atoms with Crippen LogP contribution in [0.5, 0.6) is 5.75 Å². The van der Waals surface area contributed by atoms with Gasteiger partial charge >= 0.3 is 0 Å². The third-order valence-electron chi connectivity index (χ3n) is 2.99. The van der Waals surface area contributed by atoms with Crippen molar-refractivity contribution in [3.8, 4) is 5.75 Å². The van der Waals surface area contributed by atoms with E-state index in [-0.39, 0.29) is 0 Å². The number of nitrogens with zero attached hydrogens (tertiary/aromatic N) is 4. The van der Waals surface area contributed by atoms with E-state index in [0.717, 1.165) is 28.0 Å². The van der Waals surface area contributed by atoms with E-state index >= 15 is 0 Å². The summed E-state index contributed by atoms with van der Waals surface area (Å²) in [6.07, 6.45) is 4.56. The van der Waals surface area contributed by atoms with Crippen molar-refractivity contribution in [3.05, 3.63) is 28.3 Å². The van der Waals surface area contributed by atoms with E-state index in [4.69, 9.17) is 4.74 Å². The van der Waals surface area contributed by atoms with E-state index < -0.39 is 0 Å². The van der Waals surface area contributed by atoms with E-state index in [1.807, 2.05) is 22.6 Å². The van der Waals surface area contributed by atoms with E-state index in [1.54, 1.807) is 6.20 Å². The summed E-state index contributed by atoms with van der Waals surface area (Å²) < 4.78 is 10.5. The summed E-state index contributed by atoms with van der Waals surface area (Å²) in [7, 11) is 1.93. The maximum absolute atomic E-state index is 5.77. The summed E-state index contributed by atoms with van der Waals surface area (Å²) in [4.78, 5) is 0. The van der Waals surface area contributed by atoms with Crippen molar-refractivity contribution in [3.63, 3.8) is 0 Å². The third kappa shape index (κ3) is 3.00.